The van der Waals surface area contributed by atoms with Crippen LogP contribution in [0.3, 0.4) is 0 Å². The Balaban J connectivity index is 1.83. The van der Waals surface area contributed by atoms with E-state index in [0.717, 1.165) is 5.56 Å². The lowest BCUT2D eigenvalue weighted by Gasteiger charge is -2.07. The smallest absolute Gasteiger partial charge is 0.269 e. The minimum Gasteiger partial charge on any atom is -0.273 e. The number of rotatable bonds is 3. The Morgan fingerprint density at radius 2 is 1.65 bits per heavy atom. The zero-order valence-electron chi connectivity index (χ0n) is 10.5. The van der Waals surface area contributed by atoms with Crippen LogP contribution in [0, 0.1) is 0 Å². The molecule has 0 saturated carbocycles. The van der Waals surface area contributed by atoms with Crippen LogP contribution >= 0.6 is 11.6 Å². The van der Waals surface area contributed by atoms with E-state index in [1.807, 2.05) is 0 Å². The van der Waals surface area contributed by atoms with Crippen LogP contribution in [0.5, 0.6) is 0 Å². The third-order valence-corrected chi connectivity index (χ3v) is 2.79. The van der Waals surface area contributed by atoms with Crippen LogP contribution in [0.2, 0.25) is 5.02 Å². The number of nitrogens with zero attached hydrogens (tertiary/aromatic N) is 1. The Morgan fingerprint density at radius 1 is 1.00 bits per heavy atom. The van der Waals surface area contributed by atoms with Crippen LogP contribution in [0.4, 0.5) is 0 Å². The van der Waals surface area contributed by atoms with E-state index < -0.39 is 5.91 Å². The highest BCUT2D eigenvalue weighted by atomic mass is 35.5. The fraction of sp³-hybridized carbons (Fsp3) is 0.0714. The summed E-state index contributed by atoms with van der Waals surface area (Å²) in [4.78, 5) is 27.1. The van der Waals surface area contributed by atoms with Gasteiger partial charge in [0.1, 0.15) is 0 Å². The number of carbonyl (C=O) groups excluding carboxylic acids is 2. The summed E-state index contributed by atoms with van der Waals surface area (Å²) in [5.41, 5.74) is 5.92. The molecule has 20 heavy (non-hydrogen) atoms. The van der Waals surface area contributed by atoms with Gasteiger partial charge in [0.15, 0.2) is 0 Å². The first-order valence-corrected chi connectivity index (χ1v) is 6.26. The largest absolute Gasteiger partial charge is 0.273 e. The van der Waals surface area contributed by atoms with Crippen molar-refractivity contribution in [3.05, 3.63) is 64.9 Å². The minimum atomic E-state index is -0.392. The highest BCUT2D eigenvalue weighted by Gasteiger charge is 2.07. The van der Waals surface area contributed by atoms with Gasteiger partial charge in [-0.3, -0.25) is 25.4 Å². The highest BCUT2D eigenvalue weighted by Crippen LogP contribution is 2.09. The Kier molecular flexibility index (Phi) is 4.68. The number of aromatic nitrogens is 1. The fourth-order valence-corrected chi connectivity index (χ4v) is 1.66. The van der Waals surface area contributed by atoms with Gasteiger partial charge in [-0.2, -0.15) is 0 Å². The first-order valence-electron chi connectivity index (χ1n) is 5.89. The molecule has 5 nitrogen and oxygen atoms in total. The van der Waals surface area contributed by atoms with Crippen LogP contribution in [-0.2, 0) is 11.2 Å². The summed E-state index contributed by atoms with van der Waals surface area (Å²) in [7, 11) is 0. The van der Waals surface area contributed by atoms with Gasteiger partial charge < -0.3 is 0 Å². The molecule has 0 atom stereocenters. The summed E-state index contributed by atoms with van der Waals surface area (Å²) < 4.78 is 0. The van der Waals surface area contributed by atoms with Crippen molar-refractivity contribution in [2.75, 3.05) is 0 Å². The number of pyridine rings is 1. The molecule has 0 fully saturated rings. The van der Waals surface area contributed by atoms with Gasteiger partial charge in [-0.25, -0.2) is 0 Å². The predicted octanol–water partition coefficient (Wildman–Crippen LogP) is 1.74. The lowest BCUT2D eigenvalue weighted by Crippen LogP contribution is -2.42. The third-order valence-electron chi connectivity index (χ3n) is 2.54. The van der Waals surface area contributed by atoms with Crippen LogP contribution < -0.4 is 10.9 Å². The number of hydrogen-bond acceptors (Lipinski definition) is 3. The Morgan fingerprint density at radius 3 is 2.30 bits per heavy atom. The molecule has 0 spiro atoms. The number of halogens is 1. The second-order valence-electron chi connectivity index (χ2n) is 4.04. The number of amides is 2. The average Bonchev–Trinajstić information content (AvgIpc) is 2.48. The third kappa shape index (κ3) is 4.07. The zero-order chi connectivity index (χ0) is 14.4. The molecule has 1 aromatic heterocycles. The average molecular weight is 290 g/mol. The SMILES string of the molecule is O=C(Cc1ccc(Cl)cc1)NNC(=O)c1ccncc1. The molecule has 102 valence electrons. The first-order chi connectivity index (χ1) is 9.65. The van der Waals surface area contributed by atoms with Gasteiger partial charge in [0.2, 0.25) is 5.91 Å². The molecule has 0 aliphatic heterocycles. The van der Waals surface area contributed by atoms with Crippen molar-refractivity contribution in [3.63, 3.8) is 0 Å². The second kappa shape index (κ2) is 6.68. The van der Waals surface area contributed by atoms with Crippen LogP contribution in [0.1, 0.15) is 15.9 Å². The molecule has 0 unspecified atom stereocenters. The number of hydrazine groups is 1. The van der Waals surface area contributed by atoms with Gasteiger partial charge in [-0.1, -0.05) is 23.7 Å². The Hall–Kier alpha value is -2.40. The summed E-state index contributed by atoms with van der Waals surface area (Å²) in [6, 6.07) is 10.0. The molecule has 0 bridgehead atoms. The lowest BCUT2D eigenvalue weighted by atomic mass is 10.1. The molecule has 0 aliphatic carbocycles. The lowest BCUT2D eigenvalue weighted by molar-refractivity contribution is -0.121. The molecule has 2 amide bonds. The van der Waals surface area contributed by atoms with Crippen molar-refractivity contribution in [3.8, 4) is 0 Å². The number of carbonyl (C=O) groups is 2. The van der Waals surface area contributed by atoms with Crippen LogP contribution in [-0.4, -0.2) is 16.8 Å². The standard InChI is InChI=1S/C14H12ClN3O2/c15-12-3-1-10(2-4-12)9-13(19)17-18-14(20)11-5-7-16-8-6-11/h1-8H,9H2,(H,17,19)(H,18,20). The molecule has 0 radical (unpaired) electrons. The Labute approximate surface area is 120 Å². The summed E-state index contributed by atoms with van der Waals surface area (Å²) in [5.74, 6) is -0.702. The summed E-state index contributed by atoms with van der Waals surface area (Å²) in [6.45, 7) is 0. The number of nitrogens with one attached hydrogen (secondary N) is 2. The van der Waals surface area contributed by atoms with E-state index in [2.05, 4.69) is 15.8 Å². The summed E-state index contributed by atoms with van der Waals surface area (Å²) in [6.07, 6.45) is 3.17. The maximum atomic E-state index is 11.7. The van der Waals surface area contributed by atoms with Crippen molar-refractivity contribution in [2.24, 2.45) is 0 Å². The van der Waals surface area contributed by atoms with Crippen molar-refractivity contribution >= 4 is 23.4 Å². The van der Waals surface area contributed by atoms with Crippen molar-refractivity contribution < 1.29 is 9.59 Å². The van der Waals surface area contributed by atoms with Gasteiger partial charge in [-0.05, 0) is 29.8 Å². The monoisotopic (exact) mass is 289 g/mol. The van der Waals surface area contributed by atoms with E-state index >= 15 is 0 Å². The van der Waals surface area contributed by atoms with Gasteiger partial charge in [0.25, 0.3) is 5.91 Å². The van der Waals surface area contributed by atoms with Gasteiger partial charge in [-0.15, -0.1) is 0 Å². The highest BCUT2D eigenvalue weighted by molar-refractivity contribution is 6.30. The van der Waals surface area contributed by atoms with E-state index in [1.54, 1.807) is 36.4 Å². The summed E-state index contributed by atoms with van der Waals surface area (Å²) in [5, 5.41) is 0.611. The van der Waals surface area contributed by atoms with E-state index in [9.17, 15) is 9.59 Å². The molecule has 2 aromatic rings. The van der Waals surface area contributed by atoms with Crippen LogP contribution in [0.25, 0.3) is 0 Å². The fourth-order valence-electron chi connectivity index (χ4n) is 1.53. The normalized spacial score (nSPS) is 9.85. The molecule has 1 heterocycles. The van der Waals surface area contributed by atoms with Crippen molar-refractivity contribution in [1.82, 2.24) is 15.8 Å². The summed E-state index contributed by atoms with van der Waals surface area (Å²) >= 11 is 5.76. The number of hydrogen-bond donors (Lipinski definition) is 2. The van der Waals surface area contributed by atoms with Crippen molar-refractivity contribution in [1.29, 1.82) is 0 Å². The topological polar surface area (TPSA) is 71.1 Å². The molecule has 2 N–H and O–H groups in total. The molecule has 6 heteroatoms. The molecule has 0 aliphatic rings. The van der Waals surface area contributed by atoms with E-state index in [-0.39, 0.29) is 12.3 Å². The molecular weight excluding hydrogens is 278 g/mol. The van der Waals surface area contributed by atoms with Crippen LogP contribution in [0.15, 0.2) is 48.8 Å². The van der Waals surface area contributed by atoms with Gasteiger partial charge in [0.05, 0.1) is 6.42 Å². The van der Waals surface area contributed by atoms with E-state index in [1.165, 1.54) is 12.4 Å². The predicted molar refractivity (Wildman–Crippen MR) is 75.0 cm³/mol. The first kappa shape index (κ1) is 14.0. The Bertz CT molecular complexity index is 600. The van der Waals surface area contributed by atoms with E-state index in [0.29, 0.717) is 10.6 Å². The molecule has 2 rings (SSSR count). The maximum Gasteiger partial charge on any atom is 0.269 e. The molecule has 0 saturated heterocycles. The second-order valence-corrected chi connectivity index (χ2v) is 4.48. The number of benzene rings is 1. The van der Waals surface area contributed by atoms with Gasteiger partial charge >= 0.3 is 0 Å². The zero-order valence-corrected chi connectivity index (χ0v) is 11.2. The van der Waals surface area contributed by atoms with Gasteiger partial charge in [0, 0.05) is 23.0 Å². The van der Waals surface area contributed by atoms with E-state index in [4.69, 9.17) is 11.6 Å². The molecular formula is C14H12ClN3O2. The maximum absolute atomic E-state index is 11.7. The van der Waals surface area contributed by atoms with Crippen molar-refractivity contribution in [2.45, 2.75) is 6.42 Å². The quantitative estimate of drug-likeness (QED) is 0.846. The molecule has 1 aromatic carbocycles. The minimum absolute atomic E-state index is 0.161.